The van der Waals surface area contributed by atoms with Crippen molar-refractivity contribution in [2.45, 2.75) is 6.61 Å². The van der Waals surface area contributed by atoms with Crippen LogP contribution in [0.1, 0.15) is 5.56 Å². The molecule has 0 unspecified atom stereocenters. The molecule has 3 nitrogen and oxygen atoms in total. The molecule has 0 N–H and O–H groups in total. The highest BCUT2D eigenvalue weighted by Gasteiger charge is 1.95. The number of benzene rings is 2. The minimum absolute atomic E-state index is 0.584. The van der Waals surface area contributed by atoms with Gasteiger partial charge in [-0.2, -0.15) is 0 Å². The van der Waals surface area contributed by atoms with E-state index in [1.165, 1.54) is 0 Å². The Hall–Kier alpha value is -2.29. The zero-order chi connectivity index (χ0) is 13.5. The molecule has 2 aromatic carbocycles. The van der Waals surface area contributed by atoms with E-state index in [0.717, 1.165) is 17.0 Å². The van der Waals surface area contributed by atoms with Crippen molar-refractivity contribution in [2.24, 2.45) is 4.99 Å². The molecule has 0 radical (unpaired) electrons. The molecule has 0 aliphatic rings. The summed E-state index contributed by atoms with van der Waals surface area (Å²) in [5.41, 5.74) is 2.08. The van der Waals surface area contributed by atoms with E-state index in [0.29, 0.717) is 6.61 Å². The standard InChI is InChI=1S/C16H18N2O/c1-18(2)13-17-15-8-10-16(11-9-15)19-12-14-6-4-3-5-7-14/h3-11,13H,12H2,1-2H3/b17-13+. The molecule has 2 aromatic rings. The van der Waals surface area contributed by atoms with Gasteiger partial charge in [0.15, 0.2) is 0 Å². The molecule has 0 fully saturated rings. The van der Waals surface area contributed by atoms with Crippen LogP contribution in [-0.4, -0.2) is 25.3 Å². The Bertz CT molecular complexity index is 518. The van der Waals surface area contributed by atoms with Crippen molar-refractivity contribution in [1.82, 2.24) is 4.90 Å². The summed E-state index contributed by atoms with van der Waals surface area (Å²) in [4.78, 5) is 6.21. The fourth-order valence-corrected chi connectivity index (χ4v) is 1.55. The van der Waals surface area contributed by atoms with E-state index in [-0.39, 0.29) is 0 Å². The van der Waals surface area contributed by atoms with E-state index in [4.69, 9.17) is 4.74 Å². The van der Waals surface area contributed by atoms with Gasteiger partial charge in [0.2, 0.25) is 0 Å². The third kappa shape index (κ3) is 4.47. The van der Waals surface area contributed by atoms with Gasteiger partial charge < -0.3 is 9.64 Å². The molecular weight excluding hydrogens is 236 g/mol. The highest BCUT2D eigenvalue weighted by Crippen LogP contribution is 2.18. The minimum atomic E-state index is 0.584. The third-order valence-electron chi connectivity index (χ3n) is 2.52. The van der Waals surface area contributed by atoms with Gasteiger partial charge in [0.25, 0.3) is 0 Å². The Labute approximate surface area is 114 Å². The van der Waals surface area contributed by atoms with Gasteiger partial charge in [-0.15, -0.1) is 0 Å². The van der Waals surface area contributed by atoms with Crippen LogP contribution in [0.5, 0.6) is 5.75 Å². The molecule has 19 heavy (non-hydrogen) atoms. The van der Waals surface area contributed by atoms with Gasteiger partial charge in [-0.25, -0.2) is 4.99 Å². The Kier molecular flexibility index (Phi) is 4.56. The van der Waals surface area contributed by atoms with Gasteiger partial charge >= 0.3 is 0 Å². The SMILES string of the molecule is CN(C)/C=N/c1ccc(OCc2ccccc2)cc1. The molecule has 0 aromatic heterocycles. The fourth-order valence-electron chi connectivity index (χ4n) is 1.55. The van der Waals surface area contributed by atoms with E-state index in [1.54, 1.807) is 6.34 Å². The second-order valence-electron chi connectivity index (χ2n) is 4.48. The molecule has 3 heteroatoms. The van der Waals surface area contributed by atoms with Crippen molar-refractivity contribution in [3.8, 4) is 5.75 Å². The van der Waals surface area contributed by atoms with Gasteiger partial charge in [-0.3, -0.25) is 0 Å². The van der Waals surface area contributed by atoms with Crippen LogP contribution in [-0.2, 0) is 6.61 Å². The second kappa shape index (κ2) is 6.59. The summed E-state index contributed by atoms with van der Waals surface area (Å²) in [6.45, 7) is 0.584. The van der Waals surface area contributed by atoms with Crippen LogP contribution in [0.15, 0.2) is 59.6 Å². The molecule has 98 valence electrons. The van der Waals surface area contributed by atoms with Crippen molar-refractivity contribution in [2.75, 3.05) is 14.1 Å². The molecule has 2 rings (SSSR count). The van der Waals surface area contributed by atoms with E-state index < -0.39 is 0 Å². The molecule has 0 aliphatic carbocycles. The Morgan fingerprint density at radius 1 is 1.00 bits per heavy atom. The summed E-state index contributed by atoms with van der Waals surface area (Å²) >= 11 is 0. The first-order valence-corrected chi connectivity index (χ1v) is 6.21. The fraction of sp³-hybridized carbons (Fsp3) is 0.188. The smallest absolute Gasteiger partial charge is 0.119 e. The van der Waals surface area contributed by atoms with E-state index >= 15 is 0 Å². The lowest BCUT2D eigenvalue weighted by molar-refractivity contribution is 0.306. The number of aliphatic imine (C=N–C) groups is 1. The van der Waals surface area contributed by atoms with Crippen molar-refractivity contribution in [3.05, 3.63) is 60.2 Å². The van der Waals surface area contributed by atoms with Crippen LogP contribution in [0, 0.1) is 0 Å². The summed E-state index contributed by atoms with van der Waals surface area (Å²) in [7, 11) is 3.89. The summed E-state index contributed by atoms with van der Waals surface area (Å²) in [5, 5.41) is 0. The lowest BCUT2D eigenvalue weighted by atomic mass is 10.2. The van der Waals surface area contributed by atoms with Crippen LogP contribution in [0.2, 0.25) is 0 Å². The van der Waals surface area contributed by atoms with Crippen molar-refractivity contribution in [1.29, 1.82) is 0 Å². The zero-order valence-corrected chi connectivity index (χ0v) is 11.3. The quantitative estimate of drug-likeness (QED) is 0.602. The first kappa shape index (κ1) is 13.1. The van der Waals surface area contributed by atoms with Gasteiger partial charge in [0, 0.05) is 14.1 Å². The second-order valence-corrected chi connectivity index (χ2v) is 4.48. The molecule has 0 amide bonds. The van der Waals surface area contributed by atoms with Crippen LogP contribution in [0.4, 0.5) is 5.69 Å². The highest BCUT2D eigenvalue weighted by atomic mass is 16.5. The minimum Gasteiger partial charge on any atom is -0.489 e. The average Bonchev–Trinajstić information content (AvgIpc) is 2.45. The Balaban J connectivity index is 1.92. The molecule has 0 bridgehead atoms. The van der Waals surface area contributed by atoms with Gasteiger partial charge in [0.05, 0.1) is 12.0 Å². The summed E-state index contributed by atoms with van der Waals surface area (Å²) in [6, 6.07) is 17.9. The predicted molar refractivity (Wildman–Crippen MR) is 79.1 cm³/mol. The average molecular weight is 254 g/mol. The zero-order valence-electron chi connectivity index (χ0n) is 11.3. The molecule has 0 atom stereocenters. The third-order valence-corrected chi connectivity index (χ3v) is 2.52. The lowest BCUT2D eigenvalue weighted by Crippen LogP contribution is -2.06. The first-order chi connectivity index (χ1) is 9.24. The Morgan fingerprint density at radius 3 is 2.32 bits per heavy atom. The van der Waals surface area contributed by atoms with Gasteiger partial charge in [-0.05, 0) is 29.8 Å². The number of hydrogen-bond acceptors (Lipinski definition) is 2. The maximum Gasteiger partial charge on any atom is 0.119 e. The Morgan fingerprint density at radius 2 is 1.68 bits per heavy atom. The number of rotatable bonds is 5. The maximum absolute atomic E-state index is 5.71. The molecule has 0 saturated carbocycles. The first-order valence-electron chi connectivity index (χ1n) is 6.21. The maximum atomic E-state index is 5.71. The highest BCUT2D eigenvalue weighted by molar-refractivity contribution is 5.60. The van der Waals surface area contributed by atoms with Crippen LogP contribution in [0.25, 0.3) is 0 Å². The van der Waals surface area contributed by atoms with Crippen LogP contribution in [0.3, 0.4) is 0 Å². The van der Waals surface area contributed by atoms with Crippen molar-refractivity contribution >= 4 is 12.0 Å². The molecule has 0 spiro atoms. The molecular formula is C16H18N2O. The van der Waals surface area contributed by atoms with E-state index in [9.17, 15) is 0 Å². The topological polar surface area (TPSA) is 24.8 Å². The number of hydrogen-bond donors (Lipinski definition) is 0. The number of nitrogens with zero attached hydrogens (tertiary/aromatic N) is 2. The summed E-state index contributed by atoms with van der Waals surface area (Å²) in [6.07, 6.45) is 1.78. The van der Waals surface area contributed by atoms with Crippen LogP contribution < -0.4 is 4.74 Å². The predicted octanol–water partition coefficient (Wildman–Crippen LogP) is 3.49. The van der Waals surface area contributed by atoms with Gasteiger partial charge in [-0.1, -0.05) is 30.3 Å². The van der Waals surface area contributed by atoms with E-state index in [1.807, 2.05) is 61.5 Å². The van der Waals surface area contributed by atoms with Crippen molar-refractivity contribution in [3.63, 3.8) is 0 Å². The van der Waals surface area contributed by atoms with Crippen LogP contribution >= 0.6 is 0 Å². The summed E-state index contributed by atoms with van der Waals surface area (Å²) < 4.78 is 5.71. The van der Waals surface area contributed by atoms with E-state index in [2.05, 4.69) is 17.1 Å². The molecule has 0 heterocycles. The molecule has 0 saturated heterocycles. The summed E-state index contributed by atoms with van der Waals surface area (Å²) in [5.74, 6) is 0.854. The van der Waals surface area contributed by atoms with Crippen molar-refractivity contribution < 1.29 is 4.74 Å². The monoisotopic (exact) mass is 254 g/mol. The normalized spacial score (nSPS) is 10.6. The van der Waals surface area contributed by atoms with Gasteiger partial charge in [0.1, 0.15) is 12.4 Å². The lowest BCUT2D eigenvalue weighted by Gasteiger charge is -2.06. The largest absolute Gasteiger partial charge is 0.489 e. The molecule has 0 aliphatic heterocycles. The number of ether oxygens (including phenoxy) is 1.